The van der Waals surface area contributed by atoms with Crippen molar-refractivity contribution in [2.45, 2.75) is 31.5 Å². The predicted octanol–water partition coefficient (Wildman–Crippen LogP) is 2.39. The molecule has 0 saturated heterocycles. The van der Waals surface area contributed by atoms with Crippen LogP contribution < -0.4 is 4.46 Å². The Morgan fingerprint density at radius 3 is 2.29 bits per heavy atom. The Balaban J connectivity index is 2.67. The number of rotatable bonds is 5. The second kappa shape index (κ2) is 5.28. The van der Waals surface area contributed by atoms with E-state index >= 15 is 0 Å². The van der Waals surface area contributed by atoms with E-state index in [0.29, 0.717) is 9.78 Å². The van der Waals surface area contributed by atoms with Crippen LogP contribution in [0.3, 0.4) is 0 Å². The summed E-state index contributed by atoms with van der Waals surface area (Å²) >= 11 is -3.80. The third kappa shape index (κ3) is 3.24. The molecule has 2 nitrogen and oxygen atoms in total. The third-order valence-electron chi connectivity index (χ3n) is 2.12. The van der Waals surface area contributed by atoms with E-state index in [4.69, 9.17) is 0 Å². The number of hydrogen-bond acceptors (Lipinski definition) is 2. The van der Waals surface area contributed by atoms with Crippen molar-refractivity contribution in [2.24, 2.45) is 0 Å². The fraction of sp³-hybridized carbons (Fsp3) is 0.455. The molecule has 3 heteroatoms. The predicted molar refractivity (Wildman–Crippen MR) is 57.5 cm³/mol. The van der Waals surface area contributed by atoms with Gasteiger partial charge in [-0.05, 0) is 0 Å². The molecule has 0 saturated carbocycles. The Morgan fingerprint density at radius 1 is 1.07 bits per heavy atom. The van der Waals surface area contributed by atoms with Gasteiger partial charge in [-0.3, -0.25) is 0 Å². The van der Waals surface area contributed by atoms with E-state index in [2.05, 4.69) is 6.92 Å². The Bertz CT molecular complexity index is 354. The molecular weight excluding hydrogens is 243 g/mol. The first-order chi connectivity index (χ1) is 6.67. The van der Waals surface area contributed by atoms with Crippen molar-refractivity contribution < 1.29 is 7.67 Å². The summed E-state index contributed by atoms with van der Waals surface area (Å²) in [4.78, 5) is 0. The zero-order chi connectivity index (χ0) is 10.4. The van der Waals surface area contributed by atoms with Crippen molar-refractivity contribution >= 4 is 17.2 Å². The van der Waals surface area contributed by atoms with Crippen LogP contribution >= 0.6 is 0 Å². The molecule has 78 valence electrons. The summed E-state index contributed by atoms with van der Waals surface area (Å²) in [5.74, 6) is 0. The molecule has 0 spiro atoms. The van der Waals surface area contributed by atoms with Gasteiger partial charge in [0, 0.05) is 0 Å². The third-order valence-corrected chi connectivity index (χ3v) is 5.93. The molecule has 0 aliphatic heterocycles. The maximum atomic E-state index is 11.8. The van der Waals surface area contributed by atoms with Gasteiger partial charge in [0.15, 0.2) is 0 Å². The minimum absolute atomic E-state index is 0.342. The average molecular weight is 259 g/mol. The number of benzene rings is 1. The monoisotopic (exact) mass is 260 g/mol. The van der Waals surface area contributed by atoms with Gasteiger partial charge in [0.25, 0.3) is 0 Å². The second-order valence-corrected chi connectivity index (χ2v) is 7.76. The van der Waals surface area contributed by atoms with Gasteiger partial charge in [0.05, 0.1) is 0 Å². The Hall–Kier alpha value is -0.661. The van der Waals surface area contributed by atoms with E-state index in [1.54, 1.807) is 24.3 Å². The number of unbranched alkanes of at least 4 members (excludes halogenated alkanes) is 2. The van der Waals surface area contributed by atoms with Gasteiger partial charge >= 0.3 is 86.7 Å². The summed E-state index contributed by atoms with van der Waals surface area (Å²) in [6, 6.07) is 8.76. The molecule has 0 fully saturated rings. The summed E-state index contributed by atoms with van der Waals surface area (Å²) in [5.41, 5.74) is 0. The van der Waals surface area contributed by atoms with Crippen LogP contribution in [0.4, 0.5) is 0 Å². The Kier molecular flexibility index (Phi) is 4.30. The molecular formula is C11H16O2Se. The summed E-state index contributed by atoms with van der Waals surface area (Å²) in [7, 11) is 0. The van der Waals surface area contributed by atoms with Gasteiger partial charge < -0.3 is 0 Å². The van der Waals surface area contributed by atoms with Gasteiger partial charge in [0.1, 0.15) is 0 Å². The summed E-state index contributed by atoms with van der Waals surface area (Å²) < 4.78 is 24.1. The van der Waals surface area contributed by atoms with Crippen LogP contribution in [0.5, 0.6) is 0 Å². The van der Waals surface area contributed by atoms with E-state index in [1.807, 2.05) is 6.07 Å². The molecule has 0 N–H and O–H groups in total. The van der Waals surface area contributed by atoms with Crippen molar-refractivity contribution in [1.82, 2.24) is 0 Å². The maximum absolute atomic E-state index is 11.8. The molecule has 0 heterocycles. The van der Waals surface area contributed by atoms with Gasteiger partial charge in [-0.2, -0.15) is 0 Å². The van der Waals surface area contributed by atoms with Crippen LogP contribution in [-0.2, 0) is 7.67 Å². The first-order valence-electron chi connectivity index (χ1n) is 4.94. The summed E-state index contributed by atoms with van der Waals surface area (Å²) in [6.07, 6.45) is 2.84. The van der Waals surface area contributed by atoms with Crippen molar-refractivity contribution in [3.63, 3.8) is 0 Å². The fourth-order valence-corrected chi connectivity index (χ4v) is 4.21. The van der Waals surface area contributed by atoms with E-state index in [0.717, 1.165) is 19.3 Å². The molecule has 0 aromatic heterocycles. The van der Waals surface area contributed by atoms with Crippen LogP contribution in [0.25, 0.3) is 0 Å². The molecule has 1 rings (SSSR count). The first-order valence-corrected chi connectivity index (χ1v) is 8.41. The molecule has 0 unspecified atom stereocenters. The summed E-state index contributed by atoms with van der Waals surface area (Å²) in [6.45, 7) is 2.07. The normalized spacial score (nSPS) is 11.5. The quantitative estimate of drug-likeness (QED) is 0.601. The zero-order valence-corrected chi connectivity index (χ0v) is 10.2. The van der Waals surface area contributed by atoms with Crippen LogP contribution in [-0.4, -0.2) is 12.7 Å². The molecule has 0 bridgehead atoms. The number of hydrogen-bond donors (Lipinski definition) is 0. The SMILES string of the molecule is CCCCC[Se](=O)(=O)c1ccccc1. The van der Waals surface area contributed by atoms with Gasteiger partial charge in [-0.25, -0.2) is 0 Å². The fourth-order valence-electron chi connectivity index (χ4n) is 1.29. The van der Waals surface area contributed by atoms with E-state index in [-0.39, 0.29) is 0 Å². The van der Waals surface area contributed by atoms with Crippen molar-refractivity contribution in [3.8, 4) is 0 Å². The van der Waals surface area contributed by atoms with Gasteiger partial charge in [0.2, 0.25) is 0 Å². The van der Waals surface area contributed by atoms with Gasteiger partial charge in [-0.1, -0.05) is 0 Å². The first kappa shape index (κ1) is 11.4. The molecule has 0 radical (unpaired) electrons. The van der Waals surface area contributed by atoms with E-state index in [1.165, 1.54) is 0 Å². The summed E-state index contributed by atoms with van der Waals surface area (Å²) in [5, 5.41) is 0.342. The van der Waals surface area contributed by atoms with Crippen LogP contribution in [0, 0.1) is 0 Å². The zero-order valence-electron chi connectivity index (χ0n) is 8.44. The van der Waals surface area contributed by atoms with Crippen molar-refractivity contribution in [1.29, 1.82) is 0 Å². The molecule has 1 aromatic carbocycles. The molecule has 1 aromatic rings. The molecule has 0 atom stereocenters. The standard InChI is InChI=1S/C11H16O2Se/c1-2-3-7-10-14(12,13)11-8-5-4-6-9-11/h4-6,8-9H,2-3,7,10H2,1H3. The molecule has 0 aliphatic rings. The molecule has 0 amide bonds. The molecule has 0 aliphatic carbocycles. The second-order valence-electron chi connectivity index (χ2n) is 3.34. The van der Waals surface area contributed by atoms with E-state index in [9.17, 15) is 7.67 Å². The Labute approximate surface area is 87.0 Å². The minimum atomic E-state index is -3.80. The van der Waals surface area contributed by atoms with Crippen molar-refractivity contribution in [3.05, 3.63) is 30.3 Å². The van der Waals surface area contributed by atoms with E-state index < -0.39 is 12.7 Å². The topological polar surface area (TPSA) is 34.1 Å². The van der Waals surface area contributed by atoms with Crippen molar-refractivity contribution in [2.75, 3.05) is 0 Å². The van der Waals surface area contributed by atoms with Crippen LogP contribution in [0.1, 0.15) is 26.2 Å². The molecule has 14 heavy (non-hydrogen) atoms. The average Bonchev–Trinajstić information content (AvgIpc) is 2.19. The Morgan fingerprint density at radius 2 is 1.71 bits per heavy atom. The van der Waals surface area contributed by atoms with Gasteiger partial charge in [-0.15, -0.1) is 0 Å². The van der Waals surface area contributed by atoms with Crippen LogP contribution in [0.2, 0.25) is 5.32 Å². The van der Waals surface area contributed by atoms with Crippen LogP contribution in [0.15, 0.2) is 30.3 Å².